The molecule has 64 valence electrons. The Morgan fingerprint density at radius 2 is 2.00 bits per heavy atom. The Hall–Kier alpha value is -1.30. The molecule has 0 saturated carbocycles. The van der Waals surface area contributed by atoms with Crippen molar-refractivity contribution in [1.82, 2.24) is 0 Å². The van der Waals surface area contributed by atoms with Crippen LogP contribution in [0.25, 0.3) is 0 Å². The largest absolute Gasteiger partial charge is 0.480 e. The molecule has 0 aromatic carbocycles. The smallest absolute Gasteiger partial charge is 0.322 e. The summed E-state index contributed by atoms with van der Waals surface area (Å²) in [6.45, 7) is 1.53. The van der Waals surface area contributed by atoms with Crippen molar-refractivity contribution in [3.8, 4) is 0 Å². The number of aliphatic carboxylic acids is 1. The molecule has 11 heavy (non-hydrogen) atoms. The van der Waals surface area contributed by atoms with Crippen molar-refractivity contribution in [2.24, 2.45) is 22.2 Å². The number of carboxylic acid groups (broad SMARTS) is 1. The standard InChI is InChI=1S/C5H12N4O2/c1-2(9-5(7)8)3(6)4(10)11/h2-3H,6H2,1H3,(H,10,11)(H4,7,8,9). The molecular weight excluding hydrogens is 148 g/mol. The number of hydrogen-bond acceptors (Lipinski definition) is 3. The third-order valence-electron chi connectivity index (χ3n) is 1.16. The van der Waals surface area contributed by atoms with E-state index in [1.54, 1.807) is 0 Å². The Morgan fingerprint density at radius 3 is 2.27 bits per heavy atom. The Kier molecular flexibility index (Phi) is 3.32. The fourth-order valence-electron chi connectivity index (χ4n) is 0.522. The van der Waals surface area contributed by atoms with Gasteiger partial charge in [-0.05, 0) is 6.92 Å². The summed E-state index contributed by atoms with van der Waals surface area (Å²) in [5, 5.41) is 8.39. The molecule has 0 saturated heterocycles. The molecule has 0 aliphatic rings. The number of guanidine groups is 1. The van der Waals surface area contributed by atoms with Gasteiger partial charge >= 0.3 is 5.97 Å². The summed E-state index contributed by atoms with van der Waals surface area (Å²) in [5.74, 6) is -1.28. The van der Waals surface area contributed by atoms with Crippen LogP contribution in [0.15, 0.2) is 4.99 Å². The first kappa shape index (κ1) is 9.70. The van der Waals surface area contributed by atoms with Gasteiger partial charge in [-0.25, -0.2) is 4.99 Å². The van der Waals surface area contributed by atoms with Gasteiger partial charge < -0.3 is 22.3 Å². The van der Waals surface area contributed by atoms with Crippen LogP contribution in [-0.2, 0) is 4.79 Å². The van der Waals surface area contributed by atoms with E-state index in [-0.39, 0.29) is 5.96 Å². The molecule has 0 aromatic rings. The number of carboxylic acids is 1. The van der Waals surface area contributed by atoms with Crippen molar-refractivity contribution in [2.45, 2.75) is 19.0 Å². The zero-order chi connectivity index (χ0) is 9.02. The molecule has 6 heteroatoms. The number of aliphatic imine (C=N–C) groups is 1. The van der Waals surface area contributed by atoms with Gasteiger partial charge in [0.1, 0.15) is 6.04 Å². The van der Waals surface area contributed by atoms with Crippen LogP contribution in [0.1, 0.15) is 6.92 Å². The van der Waals surface area contributed by atoms with Gasteiger partial charge in [-0.1, -0.05) is 0 Å². The quantitative estimate of drug-likeness (QED) is 0.282. The van der Waals surface area contributed by atoms with Crippen LogP contribution in [0.3, 0.4) is 0 Å². The summed E-state index contributed by atoms with van der Waals surface area (Å²) >= 11 is 0. The van der Waals surface area contributed by atoms with Crippen molar-refractivity contribution >= 4 is 11.9 Å². The lowest BCUT2D eigenvalue weighted by Crippen LogP contribution is -2.41. The molecule has 2 unspecified atom stereocenters. The van der Waals surface area contributed by atoms with E-state index in [1.165, 1.54) is 6.92 Å². The molecule has 7 N–H and O–H groups in total. The molecule has 0 aliphatic heterocycles. The lowest BCUT2D eigenvalue weighted by Gasteiger charge is -2.10. The molecule has 0 radical (unpaired) electrons. The molecule has 0 spiro atoms. The van der Waals surface area contributed by atoms with E-state index in [9.17, 15) is 4.79 Å². The highest BCUT2D eigenvalue weighted by Gasteiger charge is 2.18. The van der Waals surface area contributed by atoms with Gasteiger partial charge in [-0.2, -0.15) is 0 Å². The second kappa shape index (κ2) is 3.77. The Morgan fingerprint density at radius 1 is 1.55 bits per heavy atom. The fraction of sp³-hybridized carbons (Fsp3) is 0.600. The van der Waals surface area contributed by atoms with Crippen molar-refractivity contribution < 1.29 is 9.90 Å². The molecule has 0 aliphatic carbocycles. The number of rotatable bonds is 3. The lowest BCUT2D eigenvalue weighted by atomic mass is 10.2. The van der Waals surface area contributed by atoms with E-state index in [1.807, 2.05) is 0 Å². The molecular formula is C5H12N4O2. The number of hydrogen-bond donors (Lipinski definition) is 4. The lowest BCUT2D eigenvalue weighted by molar-refractivity contribution is -0.138. The minimum atomic E-state index is -1.12. The van der Waals surface area contributed by atoms with Crippen LogP contribution in [0, 0.1) is 0 Å². The summed E-state index contributed by atoms with van der Waals surface area (Å²) in [6.07, 6.45) is 0. The Labute approximate surface area is 64.1 Å². The second-order valence-electron chi connectivity index (χ2n) is 2.16. The minimum Gasteiger partial charge on any atom is -0.480 e. The van der Waals surface area contributed by atoms with Gasteiger partial charge in [0, 0.05) is 0 Å². The predicted molar refractivity (Wildman–Crippen MR) is 40.9 cm³/mol. The molecule has 0 rings (SSSR count). The highest BCUT2D eigenvalue weighted by atomic mass is 16.4. The summed E-state index contributed by atoms with van der Waals surface area (Å²) < 4.78 is 0. The monoisotopic (exact) mass is 160 g/mol. The average molecular weight is 160 g/mol. The zero-order valence-electron chi connectivity index (χ0n) is 6.19. The van der Waals surface area contributed by atoms with Gasteiger partial charge in [0.25, 0.3) is 0 Å². The maximum Gasteiger partial charge on any atom is 0.322 e. The van der Waals surface area contributed by atoms with Crippen molar-refractivity contribution in [1.29, 1.82) is 0 Å². The zero-order valence-corrected chi connectivity index (χ0v) is 6.19. The van der Waals surface area contributed by atoms with Gasteiger partial charge in [0.15, 0.2) is 5.96 Å². The summed E-state index contributed by atoms with van der Waals surface area (Å²) in [4.78, 5) is 13.8. The van der Waals surface area contributed by atoms with Crippen molar-refractivity contribution in [3.63, 3.8) is 0 Å². The first-order valence-corrected chi connectivity index (χ1v) is 3.02. The average Bonchev–Trinajstić information content (AvgIpc) is 1.84. The van der Waals surface area contributed by atoms with E-state index >= 15 is 0 Å². The number of nitrogens with zero attached hydrogens (tertiary/aromatic N) is 1. The first-order valence-electron chi connectivity index (χ1n) is 3.02. The highest BCUT2D eigenvalue weighted by Crippen LogP contribution is 1.94. The summed E-state index contributed by atoms with van der Waals surface area (Å²) in [7, 11) is 0. The molecule has 0 heterocycles. The molecule has 2 atom stereocenters. The van der Waals surface area contributed by atoms with Crippen LogP contribution < -0.4 is 17.2 Å². The predicted octanol–water partition coefficient (Wildman–Crippen LogP) is -1.94. The maximum atomic E-state index is 10.2. The number of carbonyl (C=O) groups is 1. The van der Waals surface area contributed by atoms with E-state index in [0.29, 0.717) is 0 Å². The number of nitrogens with two attached hydrogens (primary N) is 3. The van der Waals surface area contributed by atoms with Gasteiger partial charge in [-0.15, -0.1) is 0 Å². The van der Waals surface area contributed by atoms with Gasteiger partial charge in [0.05, 0.1) is 6.04 Å². The molecule has 0 aromatic heterocycles. The van der Waals surface area contributed by atoms with Crippen LogP contribution in [0.4, 0.5) is 0 Å². The van der Waals surface area contributed by atoms with Gasteiger partial charge in [0.2, 0.25) is 0 Å². The molecule has 0 amide bonds. The van der Waals surface area contributed by atoms with Crippen LogP contribution in [-0.4, -0.2) is 29.1 Å². The third-order valence-corrected chi connectivity index (χ3v) is 1.16. The van der Waals surface area contributed by atoms with Gasteiger partial charge in [-0.3, -0.25) is 4.79 Å². The normalized spacial score (nSPS) is 15.1. The fourth-order valence-corrected chi connectivity index (χ4v) is 0.522. The Balaban J connectivity index is 4.14. The van der Waals surface area contributed by atoms with E-state index < -0.39 is 18.1 Å². The molecule has 6 nitrogen and oxygen atoms in total. The molecule has 0 bridgehead atoms. The highest BCUT2D eigenvalue weighted by molar-refractivity contribution is 5.78. The van der Waals surface area contributed by atoms with E-state index in [4.69, 9.17) is 22.3 Å². The van der Waals surface area contributed by atoms with Crippen LogP contribution in [0.2, 0.25) is 0 Å². The minimum absolute atomic E-state index is 0.158. The Bertz CT molecular complexity index is 175. The summed E-state index contributed by atoms with van der Waals surface area (Å²) in [5.41, 5.74) is 15.2. The molecule has 0 fully saturated rings. The first-order chi connectivity index (χ1) is 4.95. The third kappa shape index (κ3) is 3.41. The van der Waals surface area contributed by atoms with E-state index in [0.717, 1.165) is 0 Å². The summed E-state index contributed by atoms with van der Waals surface area (Å²) in [6, 6.07) is -1.66. The SMILES string of the molecule is CC(N=C(N)N)C(N)C(=O)O. The van der Waals surface area contributed by atoms with Crippen LogP contribution in [0.5, 0.6) is 0 Å². The van der Waals surface area contributed by atoms with Crippen LogP contribution >= 0.6 is 0 Å². The second-order valence-corrected chi connectivity index (χ2v) is 2.16. The van der Waals surface area contributed by atoms with Crippen molar-refractivity contribution in [3.05, 3.63) is 0 Å². The maximum absolute atomic E-state index is 10.2. The van der Waals surface area contributed by atoms with Crippen molar-refractivity contribution in [2.75, 3.05) is 0 Å². The van der Waals surface area contributed by atoms with E-state index in [2.05, 4.69) is 4.99 Å². The topological polar surface area (TPSA) is 128 Å².